The number of nitro benzene ring substituents is 1. The van der Waals surface area contributed by atoms with E-state index < -0.39 is 11.0 Å². The lowest BCUT2D eigenvalue weighted by atomic mass is 10.0. The highest BCUT2D eigenvalue weighted by Crippen LogP contribution is 2.36. The molecule has 0 bridgehead atoms. The highest BCUT2D eigenvalue weighted by atomic mass is 16.6. The molecule has 0 spiro atoms. The summed E-state index contributed by atoms with van der Waals surface area (Å²) in [6.45, 7) is 4.96. The monoisotopic (exact) mass is 416 g/mol. The van der Waals surface area contributed by atoms with E-state index in [1.165, 1.54) is 6.07 Å². The van der Waals surface area contributed by atoms with Gasteiger partial charge in [0.2, 0.25) is 0 Å². The number of primary amides is 1. The molecule has 0 radical (unpaired) electrons. The number of amides is 1. The van der Waals surface area contributed by atoms with Gasteiger partial charge >= 0.3 is 11.8 Å². The summed E-state index contributed by atoms with van der Waals surface area (Å²) in [5, 5.41) is 11.6. The summed E-state index contributed by atoms with van der Waals surface area (Å²) in [6.07, 6.45) is 3.14. The lowest BCUT2D eigenvalue weighted by Crippen LogP contribution is -2.16. The van der Waals surface area contributed by atoms with Crippen molar-refractivity contribution in [1.82, 2.24) is 0 Å². The van der Waals surface area contributed by atoms with Gasteiger partial charge in [0, 0.05) is 12.0 Å². The van der Waals surface area contributed by atoms with Gasteiger partial charge in [-0.15, -0.1) is 0 Å². The maximum Gasteiger partial charge on any atom is 0.409 e. The molecule has 0 aliphatic heterocycles. The summed E-state index contributed by atoms with van der Waals surface area (Å²) in [7, 11) is 0. The van der Waals surface area contributed by atoms with Crippen LogP contribution in [-0.4, -0.2) is 24.2 Å². The minimum atomic E-state index is -0.876. The number of nitrogens with two attached hydrogens (primary N) is 1. The zero-order chi connectivity index (χ0) is 21.9. The number of unbranched alkanes of at least 4 members (excludes halogenated alkanes) is 2. The molecule has 162 valence electrons. The van der Waals surface area contributed by atoms with Crippen LogP contribution in [0.1, 0.15) is 50.7 Å². The molecule has 2 rings (SSSR count). The van der Waals surface area contributed by atoms with Crippen molar-refractivity contribution in [3.63, 3.8) is 0 Å². The lowest BCUT2D eigenvalue weighted by molar-refractivity contribution is -0.386. The Labute approximate surface area is 176 Å². The molecule has 0 aliphatic carbocycles. The number of carbonyl (C=O) groups is 1. The third-order valence-electron chi connectivity index (χ3n) is 4.39. The molecule has 30 heavy (non-hydrogen) atoms. The van der Waals surface area contributed by atoms with E-state index in [1.807, 2.05) is 13.8 Å². The van der Waals surface area contributed by atoms with Crippen molar-refractivity contribution < 1.29 is 23.9 Å². The minimum absolute atomic E-state index is 0.105. The van der Waals surface area contributed by atoms with E-state index in [0.29, 0.717) is 31.1 Å². The summed E-state index contributed by atoms with van der Waals surface area (Å²) in [6, 6.07) is 10.0. The topological polar surface area (TPSA) is 114 Å². The smallest absolute Gasteiger partial charge is 0.409 e. The number of hydrogen-bond donors (Lipinski definition) is 1. The van der Waals surface area contributed by atoms with Crippen molar-refractivity contribution in [2.75, 3.05) is 13.2 Å². The van der Waals surface area contributed by atoms with Crippen LogP contribution in [0.4, 0.5) is 10.5 Å². The van der Waals surface area contributed by atoms with Crippen LogP contribution in [0.3, 0.4) is 0 Å². The normalized spacial score (nSPS) is 10.5. The number of nitro groups is 1. The molecule has 2 aromatic rings. The Kier molecular flexibility index (Phi) is 8.93. The zero-order valence-electron chi connectivity index (χ0n) is 17.4. The maximum atomic E-state index is 11.6. The van der Waals surface area contributed by atoms with E-state index in [9.17, 15) is 14.9 Å². The zero-order valence-corrected chi connectivity index (χ0v) is 17.4. The first-order valence-corrected chi connectivity index (χ1v) is 10.1. The highest BCUT2D eigenvalue weighted by Gasteiger charge is 2.21. The van der Waals surface area contributed by atoms with Crippen molar-refractivity contribution in [1.29, 1.82) is 0 Å². The molecule has 0 heterocycles. The molecular formula is C22H28N2O6. The van der Waals surface area contributed by atoms with Gasteiger partial charge in [-0.2, -0.15) is 0 Å². The maximum absolute atomic E-state index is 11.6. The minimum Gasteiger partial charge on any atom is -0.493 e. The van der Waals surface area contributed by atoms with Crippen molar-refractivity contribution in [3.05, 3.63) is 57.6 Å². The Bertz CT molecular complexity index is 851. The molecule has 2 aromatic carbocycles. The Morgan fingerprint density at radius 3 is 2.13 bits per heavy atom. The van der Waals surface area contributed by atoms with Crippen molar-refractivity contribution >= 4 is 11.8 Å². The summed E-state index contributed by atoms with van der Waals surface area (Å²) < 4.78 is 16.4. The van der Waals surface area contributed by atoms with Crippen LogP contribution in [0.2, 0.25) is 0 Å². The number of benzene rings is 2. The number of rotatable bonds is 12. The first-order chi connectivity index (χ1) is 14.4. The van der Waals surface area contributed by atoms with Crippen LogP contribution in [0, 0.1) is 10.1 Å². The average molecular weight is 416 g/mol. The van der Waals surface area contributed by atoms with Crippen molar-refractivity contribution in [3.8, 4) is 17.2 Å². The van der Waals surface area contributed by atoms with Crippen molar-refractivity contribution in [2.45, 2.75) is 46.0 Å². The SMILES string of the molecule is CCCCOc1cc([N+](=O)[O-])c(OCCCC)cc1Cc1ccc(OC(N)=O)cc1. The van der Waals surface area contributed by atoms with E-state index in [2.05, 4.69) is 0 Å². The highest BCUT2D eigenvalue weighted by molar-refractivity contribution is 5.68. The van der Waals surface area contributed by atoms with E-state index in [-0.39, 0.29) is 11.4 Å². The quantitative estimate of drug-likeness (QED) is 0.296. The van der Waals surface area contributed by atoms with Gasteiger partial charge in [0.05, 0.1) is 24.2 Å². The van der Waals surface area contributed by atoms with Gasteiger partial charge in [-0.05, 0) is 36.6 Å². The van der Waals surface area contributed by atoms with Crippen LogP contribution >= 0.6 is 0 Å². The van der Waals surface area contributed by atoms with Gasteiger partial charge in [0.15, 0.2) is 5.75 Å². The first-order valence-electron chi connectivity index (χ1n) is 10.1. The molecule has 0 saturated carbocycles. The fraction of sp³-hybridized carbons (Fsp3) is 0.409. The summed E-state index contributed by atoms with van der Waals surface area (Å²) in [4.78, 5) is 22.0. The molecule has 0 aliphatic rings. The third kappa shape index (κ3) is 6.95. The molecule has 0 atom stereocenters. The van der Waals surface area contributed by atoms with Crippen LogP contribution in [-0.2, 0) is 6.42 Å². The van der Waals surface area contributed by atoms with Crippen LogP contribution in [0.25, 0.3) is 0 Å². The fourth-order valence-electron chi connectivity index (χ4n) is 2.79. The van der Waals surface area contributed by atoms with Gasteiger partial charge < -0.3 is 19.9 Å². The van der Waals surface area contributed by atoms with E-state index in [0.717, 1.165) is 36.8 Å². The second-order valence-electron chi connectivity index (χ2n) is 6.83. The van der Waals surface area contributed by atoms with Gasteiger partial charge in [-0.3, -0.25) is 10.1 Å². The number of ether oxygens (including phenoxy) is 3. The summed E-state index contributed by atoms with van der Waals surface area (Å²) in [5.74, 6) is 1.05. The van der Waals surface area contributed by atoms with E-state index >= 15 is 0 Å². The Hall–Kier alpha value is -3.29. The second-order valence-corrected chi connectivity index (χ2v) is 6.83. The Morgan fingerprint density at radius 1 is 1.00 bits per heavy atom. The number of nitrogens with zero attached hydrogens (tertiary/aromatic N) is 1. The van der Waals surface area contributed by atoms with Crippen molar-refractivity contribution in [2.24, 2.45) is 5.73 Å². The molecule has 0 fully saturated rings. The molecule has 8 nitrogen and oxygen atoms in total. The van der Waals surface area contributed by atoms with Crippen LogP contribution in [0.15, 0.2) is 36.4 Å². The molecule has 8 heteroatoms. The molecule has 0 saturated heterocycles. The number of hydrogen-bond acceptors (Lipinski definition) is 6. The molecule has 1 amide bonds. The first kappa shape index (κ1) is 23.0. The standard InChI is InChI=1S/C22H28N2O6/c1-3-5-11-28-20-15-19(24(26)27)21(29-12-6-4-2)14-17(20)13-16-7-9-18(10-8-16)30-22(23)25/h7-10,14-15H,3-6,11-13H2,1-2H3,(H2,23,25). The van der Waals surface area contributed by atoms with E-state index in [4.69, 9.17) is 19.9 Å². The molecule has 2 N–H and O–H groups in total. The van der Waals surface area contributed by atoms with Gasteiger partial charge in [-0.25, -0.2) is 4.79 Å². The van der Waals surface area contributed by atoms with Gasteiger partial charge in [0.25, 0.3) is 0 Å². The van der Waals surface area contributed by atoms with E-state index in [1.54, 1.807) is 30.3 Å². The van der Waals surface area contributed by atoms with Crippen LogP contribution in [0.5, 0.6) is 17.2 Å². The van der Waals surface area contributed by atoms with Gasteiger partial charge in [-0.1, -0.05) is 38.8 Å². The lowest BCUT2D eigenvalue weighted by Gasteiger charge is -2.15. The predicted octanol–water partition coefficient (Wildman–Crippen LogP) is 5.00. The average Bonchev–Trinajstić information content (AvgIpc) is 2.70. The molecule has 0 aromatic heterocycles. The van der Waals surface area contributed by atoms with Gasteiger partial charge in [0.1, 0.15) is 11.5 Å². The largest absolute Gasteiger partial charge is 0.493 e. The fourth-order valence-corrected chi connectivity index (χ4v) is 2.79. The van der Waals surface area contributed by atoms with Crippen LogP contribution < -0.4 is 19.9 Å². The summed E-state index contributed by atoms with van der Waals surface area (Å²) >= 11 is 0. The second kappa shape index (κ2) is 11.6. The summed E-state index contributed by atoms with van der Waals surface area (Å²) in [5.41, 5.74) is 6.62. The Morgan fingerprint density at radius 2 is 1.60 bits per heavy atom. The third-order valence-corrected chi connectivity index (χ3v) is 4.39. The molecular weight excluding hydrogens is 388 g/mol. The predicted molar refractivity (Wildman–Crippen MR) is 113 cm³/mol. The Balaban J connectivity index is 2.33. The number of carbonyl (C=O) groups excluding carboxylic acids is 1. The molecule has 0 unspecified atom stereocenters.